The average molecular weight is 462 g/mol. The molecule has 0 aromatic heterocycles. The molecule has 2 aromatic carbocycles. The summed E-state index contributed by atoms with van der Waals surface area (Å²) in [7, 11) is 1.26. The highest BCUT2D eigenvalue weighted by atomic mass is 35.5. The number of carbonyl (C=O) groups excluding carboxylic acids is 5. The van der Waals surface area contributed by atoms with E-state index in [1.807, 2.05) is 0 Å². The number of hydrogen-bond donors (Lipinski definition) is 3. The predicted molar refractivity (Wildman–Crippen MR) is 114 cm³/mol. The summed E-state index contributed by atoms with van der Waals surface area (Å²) >= 11 is 5.74. The van der Waals surface area contributed by atoms with Crippen LogP contribution >= 0.6 is 11.6 Å². The Morgan fingerprint density at radius 3 is 2.06 bits per heavy atom. The van der Waals surface area contributed by atoms with Gasteiger partial charge in [-0.25, -0.2) is 4.79 Å². The Hall–Kier alpha value is -3.92. The molecule has 0 unspecified atom stereocenters. The Morgan fingerprint density at radius 1 is 0.812 bits per heavy atom. The van der Waals surface area contributed by atoms with E-state index in [-0.39, 0.29) is 12.8 Å². The van der Waals surface area contributed by atoms with Gasteiger partial charge in [0.1, 0.15) is 0 Å². The molecule has 0 fully saturated rings. The van der Waals surface area contributed by atoms with Gasteiger partial charge in [0.2, 0.25) is 5.91 Å². The number of esters is 2. The predicted octanol–water partition coefficient (Wildman–Crippen LogP) is 1.85. The molecule has 11 heteroatoms. The van der Waals surface area contributed by atoms with Crippen LogP contribution in [0.5, 0.6) is 0 Å². The molecule has 0 atom stereocenters. The minimum absolute atomic E-state index is 0.254. The molecule has 168 valence electrons. The van der Waals surface area contributed by atoms with Crippen LogP contribution in [0.1, 0.15) is 33.6 Å². The zero-order chi connectivity index (χ0) is 23.5. The van der Waals surface area contributed by atoms with Crippen LogP contribution in [-0.2, 0) is 23.9 Å². The van der Waals surface area contributed by atoms with Crippen molar-refractivity contribution in [2.75, 3.05) is 19.0 Å². The van der Waals surface area contributed by atoms with Crippen molar-refractivity contribution in [3.05, 3.63) is 64.7 Å². The van der Waals surface area contributed by atoms with Gasteiger partial charge < -0.3 is 14.8 Å². The number of rotatable bonds is 8. The second-order valence-electron chi connectivity index (χ2n) is 6.29. The van der Waals surface area contributed by atoms with Crippen LogP contribution in [0.3, 0.4) is 0 Å². The number of amides is 3. The van der Waals surface area contributed by atoms with Gasteiger partial charge in [0.05, 0.1) is 19.1 Å². The number of benzene rings is 2. The SMILES string of the molecule is COC(=O)c1ccc(NC(=O)COC(=O)CCC(=O)NNC(=O)c2ccc(Cl)cc2)cc1. The van der Waals surface area contributed by atoms with Gasteiger partial charge in [0.25, 0.3) is 11.8 Å². The summed E-state index contributed by atoms with van der Waals surface area (Å²) in [5.41, 5.74) is 5.39. The maximum Gasteiger partial charge on any atom is 0.337 e. The van der Waals surface area contributed by atoms with Crippen LogP contribution < -0.4 is 16.2 Å². The standard InChI is InChI=1S/C21H20ClN3O7/c1-31-21(30)14-4-8-16(9-5-14)23-18(27)12-32-19(28)11-10-17(26)24-25-20(29)13-2-6-15(22)7-3-13/h2-9H,10-12H2,1H3,(H,23,27)(H,24,26)(H,25,29). The van der Waals surface area contributed by atoms with Crippen LogP contribution in [0, 0.1) is 0 Å². The van der Waals surface area contributed by atoms with E-state index in [1.54, 1.807) is 0 Å². The number of methoxy groups -OCH3 is 1. The summed E-state index contributed by atoms with van der Waals surface area (Å²) in [6, 6.07) is 12.0. The van der Waals surface area contributed by atoms with E-state index in [2.05, 4.69) is 20.9 Å². The van der Waals surface area contributed by atoms with Gasteiger partial charge in [-0.05, 0) is 48.5 Å². The van der Waals surface area contributed by atoms with Crippen LogP contribution in [-0.4, -0.2) is 43.4 Å². The fraction of sp³-hybridized carbons (Fsp3) is 0.190. The van der Waals surface area contributed by atoms with E-state index in [0.717, 1.165) is 0 Å². The molecule has 0 aliphatic carbocycles. The van der Waals surface area contributed by atoms with Gasteiger partial charge in [0.15, 0.2) is 6.61 Å². The summed E-state index contributed by atoms with van der Waals surface area (Å²) in [5, 5.41) is 2.96. The number of hydrogen-bond acceptors (Lipinski definition) is 7. The number of nitrogens with one attached hydrogen (secondary N) is 3. The molecule has 2 rings (SSSR count). The lowest BCUT2D eigenvalue weighted by atomic mass is 10.2. The Kier molecular flexibility index (Phi) is 9.18. The highest BCUT2D eigenvalue weighted by molar-refractivity contribution is 6.30. The second kappa shape index (κ2) is 12.1. The van der Waals surface area contributed by atoms with Gasteiger partial charge in [0, 0.05) is 22.7 Å². The fourth-order valence-corrected chi connectivity index (χ4v) is 2.43. The van der Waals surface area contributed by atoms with E-state index < -0.39 is 36.3 Å². The van der Waals surface area contributed by atoms with Gasteiger partial charge in [-0.15, -0.1) is 0 Å². The van der Waals surface area contributed by atoms with Crippen molar-refractivity contribution in [1.29, 1.82) is 0 Å². The normalized spacial score (nSPS) is 9.94. The van der Waals surface area contributed by atoms with Crippen LogP contribution in [0.2, 0.25) is 5.02 Å². The molecule has 3 N–H and O–H groups in total. The lowest BCUT2D eigenvalue weighted by molar-refractivity contribution is -0.148. The van der Waals surface area contributed by atoms with Crippen LogP contribution in [0.4, 0.5) is 5.69 Å². The first-order chi connectivity index (χ1) is 15.3. The van der Waals surface area contributed by atoms with E-state index in [1.165, 1.54) is 55.6 Å². The van der Waals surface area contributed by atoms with Crippen molar-refractivity contribution >= 4 is 46.9 Å². The maximum atomic E-state index is 11.9. The maximum absolute atomic E-state index is 11.9. The Morgan fingerprint density at radius 2 is 1.44 bits per heavy atom. The molecule has 0 heterocycles. The lowest BCUT2D eigenvalue weighted by Crippen LogP contribution is -2.41. The summed E-state index contributed by atoms with van der Waals surface area (Å²) in [5.74, 6) is -3.03. The van der Waals surface area contributed by atoms with E-state index >= 15 is 0 Å². The monoisotopic (exact) mass is 461 g/mol. The Bertz CT molecular complexity index is 991. The number of ether oxygens (including phenoxy) is 2. The molecule has 0 aliphatic rings. The quantitative estimate of drug-likeness (QED) is 0.402. The van der Waals surface area contributed by atoms with Crippen LogP contribution in [0.25, 0.3) is 0 Å². The van der Waals surface area contributed by atoms with Gasteiger partial charge in [-0.2, -0.15) is 0 Å². The highest BCUT2D eigenvalue weighted by Crippen LogP contribution is 2.11. The summed E-state index contributed by atoms with van der Waals surface area (Å²) in [6.07, 6.45) is -0.542. The van der Waals surface area contributed by atoms with Gasteiger partial charge in [-0.3, -0.25) is 30.0 Å². The fourth-order valence-electron chi connectivity index (χ4n) is 2.30. The largest absolute Gasteiger partial charge is 0.465 e. The minimum Gasteiger partial charge on any atom is -0.465 e. The van der Waals surface area contributed by atoms with E-state index in [9.17, 15) is 24.0 Å². The summed E-state index contributed by atoms with van der Waals surface area (Å²) < 4.78 is 9.38. The van der Waals surface area contributed by atoms with Gasteiger partial charge >= 0.3 is 11.9 Å². The van der Waals surface area contributed by atoms with E-state index in [0.29, 0.717) is 21.8 Å². The Labute approximate surface area is 188 Å². The molecule has 2 aromatic rings. The second-order valence-corrected chi connectivity index (χ2v) is 6.72. The minimum atomic E-state index is -0.764. The lowest BCUT2D eigenvalue weighted by Gasteiger charge is -2.08. The number of carbonyl (C=O) groups is 5. The smallest absolute Gasteiger partial charge is 0.337 e. The molecule has 0 radical (unpaired) electrons. The van der Waals surface area contributed by atoms with Crippen LogP contribution in [0.15, 0.2) is 48.5 Å². The summed E-state index contributed by atoms with van der Waals surface area (Å²) in [6.45, 7) is -0.549. The third-order valence-electron chi connectivity index (χ3n) is 3.93. The van der Waals surface area contributed by atoms with Crippen molar-refractivity contribution in [2.24, 2.45) is 0 Å². The molecular weight excluding hydrogens is 442 g/mol. The van der Waals surface area contributed by atoms with Gasteiger partial charge in [-0.1, -0.05) is 11.6 Å². The van der Waals surface area contributed by atoms with E-state index in [4.69, 9.17) is 16.3 Å². The third-order valence-corrected chi connectivity index (χ3v) is 4.18. The molecule has 3 amide bonds. The van der Waals surface area contributed by atoms with Crippen molar-refractivity contribution in [3.8, 4) is 0 Å². The number of hydrazine groups is 1. The first-order valence-electron chi connectivity index (χ1n) is 9.27. The van der Waals surface area contributed by atoms with Crippen molar-refractivity contribution < 1.29 is 33.4 Å². The molecule has 0 saturated heterocycles. The number of halogens is 1. The third kappa shape index (κ3) is 8.07. The molecular formula is C21H20ClN3O7. The van der Waals surface area contributed by atoms with Crippen molar-refractivity contribution in [1.82, 2.24) is 10.9 Å². The number of anilines is 1. The molecule has 0 bridgehead atoms. The molecule has 32 heavy (non-hydrogen) atoms. The molecule has 0 saturated carbocycles. The topological polar surface area (TPSA) is 140 Å². The molecule has 10 nitrogen and oxygen atoms in total. The summed E-state index contributed by atoms with van der Waals surface area (Å²) in [4.78, 5) is 58.5. The zero-order valence-electron chi connectivity index (χ0n) is 17.0. The van der Waals surface area contributed by atoms with Crippen molar-refractivity contribution in [3.63, 3.8) is 0 Å². The highest BCUT2D eigenvalue weighted by Gasteiger charge is 2.12. The average Bonchev–Trinajstić information content (AvgIpc) is 2.80. The Balaban J connectivity index is 1.65. The molecule has 0 aliphatic heterocycles. The zero-order valence-corrected chi connectivity index (χ0v) is 17.7. The first kappa shape index (κ1) is 24.4. The van der Waals surface area contributed by atoms with Crippen molar-refractivity contribution in [2.45, 2.75) is 12.8 Å². The molecule has 0 spiro atoms. The first-order valence-corrected chi connectivity index (χ1v) is 9.65.